The summed E-state index contributed by atoms with van der Waals surface area (Å²) in [5.41, 5.74) is 1.62. The molecule has 2 unspecified atom stereocenters. The number of nitrogens with zero attached hydrogens (tertiary/aromatic N) is 1. The fraction of sp³-hybridized carbons (Fsp3) is 0.409. The molecular weight excluding hydrogens is 404 g/mol. The molecule has 162 valence electrons. The van der Waals surface area contributed by atoms with Crippen molar-refractivity contribution >= 4 is 21.4 Å². The summed E-state index contributed by atoms with van der Waals surface area (Å²) in [6, 6.07) is 10.9. The van der Waals surface area contributed by atoms with Gasteiger partial charge in [-0.15, -0.1) is 0 Å². The normalized spacial score (nSPS) is 13.7. The highest BCUT2D eigenvalue weighted by Crippen LogP contribution is 2.27. The van der Waals surface area contributed by atoms with Gasteiger partial charge in [0, 0.05) is 24.0 Å². The number of sulfone groups is 1. The van der Waals surface area contributed by atoms with Gasteiger partial charge in [-0.25, -0.2) is 8.42 Å². The van der Waals surface area contributed by atoms with Crippen molar-refractivity contribution in [3.63, 3.8) is 0 Å². The highest BCUT2D eigenvalue weighted by atomic mass is 32.2. The van der Waals surface area contributed by atoms with Crippen molar-refractivity contribution in [3.05, 3.63) is 69.3 Å². The van der Waals surface area contributed by atoms with Crippen molar-refractivity contribution < 1.29 is 18.1 Å². The molecule has 0 saturated carbocycles. The number of non-ortho nitro benzene ring substituents is 1. The van der Waals surface area contributed by atoms with Crippen LogP contribution in [0.2, 0.25) is 0 Å². The van der Waals surface area contributed by atoms with Crippen LogP contribution in [0.5, 0.6) is 0 Å². The molecule has 0 heterocycles. The predicted octanol–water partition coefficient (Wildman–Crippen LogP) is 4.64. The molecule has 8 heteroatoms. The first-order chi connectivity index (χ1) is 13.9. The van der Waals surface area contributed by atoms with Crippen molar-refractivity contribution in [1.82, 2.24) is 5.32 Å². The Balaban J connectivity index is 2.37. The van der Waals surface area contributed by atoms with Gasteiger partial charge in [0.05, 0.1) is 15.9 Å². The number of amides is 1. The summed E-state index contributed by atoms with van der Waals surface area (Å²) in [5.74, 6) is -0.0739. The van der Waals surface area contributed by atoms with Crippen molar-refractivity contribution in [3.8, 4) is 0 Å². The zero-order valence-electron chi connectivity index (χ0n) is 17.9. The van der Waals surface area contributed by atoms with E-state index in [-0.39, 0.29) is 22.4 Å². The zero-order chi connectivity index (χ0) is 22.6. The molecule has 0 aliphatic rings. The molecule has 1 amide bonds. The molecule has 30 heavy (non-hydrogen) atoms. The maximum atomic E-state index is 12.9. The number of carbonyl (C=O) groups is 1. The Kier molecular flexibility index (Phi) is 7.36. The number of nitro benzene ring substituents is 1. The Morgan fingerprint density at radius 1 is 1.07 bits per heavy atom. The molecule has 2 atom stereocenters. The van der Waals surface area contributed by atoms with Crippen LogP contribution in [-0.2, 0) is 9.84 Å². The molecule has 1 N–H and O–H groups in total. The largest absolute Gasteiger partial charge is 0.345 e. The molecule has 0 saturated heterocycles. The third-order valence-corrected chi connectivity index (χ3v) is 6.31. The molecule has 7 nitrogen and oxygen atoms in total. The van der Waals surface area contributed by atoms with Gasteiger partial charge < -0.3 is 5.32 Å². The molecule has 0 aliphatic heterocycles. The second kappa shape index (κ2) is 9.38. The van der Waals surface area contributed by atoms with Gasteiger partial charge in [0.2, 0.25) is 0 Å². The predicted molar refractivity (Wildman–Crippen MR) is 116 cm³/mol. The lowest BCUT2D eigenvalue weighted by molar-refractivity contribution is -0.385. The summed E-state index contributed by atoms with van der Waals surface area (Å²) < 4.78 is 23.8. The highest BCUT2D eigenvalue weighted by Gasteiger charge is 2.23. The number of nitrogens with one attached hydrogen (secondary N) is 1. The van der Waals surface area contributed by atoms with Crippen molar-refractivity contribution in [1.29, 1.82) is 0 Å². The quantitative estimate of drug-likeness (QED) is 0.483. The summed E-state index contributed by atoms with van der Waals surface area (Å²) in [7, 11) is -3.71. The summed E-state index contributed by atoms with van der Waals surface area (Å²) in [5, 5.41) is 14.1. The maximum absolute atomic E-state index is 12.9. The van der Waals surface area contributed by atoms with E-state index >= 15 is 0 Å². The van der Waals surface area contributed by atoms with Crippen LogP contribution >= 0.6 is 0 Å². The van der Waals surface area contributed by atoms with Crippen molar-refractivity contribution in [2.24, 2.45) is 5.92 Å². The van der Waals surface area contributed by atoms with Gasteiger partial charge in [0.1, 0.15) is 0 Å². The van der Waals surface area contributed by atoms with Gasteiger partial charge in [-0.1, -0.05) is 52.0 Å². The van der Waals surface area contributed by atoms with Crippen molar-refractivity contribution in [2.45, 2.75) is 51.0 Å². The van der Waals surface area contributed by atoms with Crippen LogP contribution in [0.4, 0.5) is 5.69 Å². The van der Waals surface area contributed by atoms with Crippen molar-refractivity contribution in [2.75, 3.05) is 6.26 Å². The van der Waals surface area contributed by atoms with Crippen LogP contribution in [0.15, 0.2) is 47.4 Å². The fourth-order valence-corrected chi connectivity index (χ4v) is 3.84. The standard InChI is InChI=1S/C22H28N2O5S/c1-6-15(4)16-7-9-17(10-8-16)21(14(2)3)23-22(25)18-11-19(24(26)27)13-20(12-18)30(5,28)29/h7-15,21H,6H2,1-5H3,(H,23,25). The molecule has 0 fully saturated rings. The van der Waals surface area contributed by atoms with E-state index < -0.39 is 26.4 Å². The van der Waals surface area contributed by atoms with E-state index in [1.165, 1.54) is 11.6 Å². The summed E-state index contributed by atoms with van der Waals surface area (Å²) in [4.78, 5) is 23.1. The molecule has 2 rings (SSSR count). The number of carbonyl (C=O) groups excluding carboxylic acids is 1. The fourth-order valence-electron chi connectivity index (χ4n) is 3.16. The SMILES string of the molecule is CCC(C)c1ccc(C(NC(=O)c2cc([N+](=O)[O-])cc(S(C)(=O)=O)c2)C(C)C)cc1. The van der Waals surface area contributed by atoms with Gasteiger partial charge in [-0.2, -0.15) is 0 Å². The first kappa shape index (κ1) is 23.5. The molecule has 0 bridgehead atoms. The molecule has 0 radical (unpaired) electrons. The van der Waals surface area contributed by atoms with Crippen LogP contribution in [0, 0.1) is 16.0 Å². The number of hydrogen-bond acceptors (Lipinski definition) is 5. The Bertz CT molecular complexity index is 1030. The molecular formula is C22H28N2O5S. The topological polar surface area (TPSA) is 106 Å². The van der Waals surface area contributed by atoms with E-state index in [0.717, 1.165) is 30.4 Å². The van der Waals surface area contributed by atoms with Crippen LogP contribution < -0.4 is 5.32 Å². The summed E-state index contributed by atoms with van der Waals surface area (Å²) in [6.45, 7) is 8.20. The Labute approximate surface area is 177 Å². The number of nitro groups is 1. The lowest BCUT2D eigenvalue weighted by Gasteiger charge is -2.24. The Morgan fingerprint density at radius 2 is 1.63 bits per heavy atom. The van der Waals surface area contributed by atoms with Gasteiger partial charge in [0.15, 0.2) is 9.84 Å². The average molecular weight is 433 g/mol. The van der Waals surface area contributed by atoms with Gasteiger partial charge >= 0.3 is 0 Å². The van der Waals surface area contributed by atoms with E-state index in [1.807, 2.05) is 38.1 Å². The molecule has 2 aromatic rings. The zero-order valence-corrected chi connectivity index (χ0v) is 18.7. The lowest BCUT2D eigenvalue weighted by atomic mass is 9.92. The first-order valence-corrected chi connectivity index (χ1v) is 11.7. The minimum absolute atomic E-state index is 0.0523. The van der Waals surface area contributed by atoms with Crippen LogP contribution in [0.1, 0.15) is 67.6 Å². The Hall–Kier alpha value is -2.74. The summed E-state index contributed by atoms with van der Waals surface area (Å²) in [6.07, 6.45) is 1.97. The lowest BCUT2D eigenvalue weighted by Crippen LogP contribution is -2.32. The van der Waals surface area contributed by atoms with Crippen LogP contribution in [0.25, 0.3) is 0 Å². The number of hydrogen-bond donors (Lipinski definition) is 1. The van der Waals surface area contributed by atoms with E-state index in [0.29, 0.717) is 5.92 Å². The second-order valence-corrected chi connectivity index (χ2v) is 9.93. The van der Waals surface area contributed by atoms with E-state index in [9.17, 15) is 23.3 Å². The van der Waals surface area contributed by atoms with E-state index in [2.05, 4.69) is 19.2 Å². The second-order valence-electron chi connectivity index (χ2n) is 7.92. The Morgan fingerprint density at radius 3 is 2.10 bits per heavy atom. The van der Waals surface area contributed by atoms with E-state index in [1.54, 1.807) is 0 Å². The average Bonchev–Trinajstić information content (AvgIpc) is 2.70. The monoisotopic (exact) mass is 432 g/mol. The molecule has 0 aromatic heterocycles. The van der Waals surface area contributed by atoms with Gasteiger partial charge in [-0.05, 0) is 35.4 Å². The number of rotatable bonds is 8. The summed E-state index contributed by atoms with van der Waals surface area (Å²) >= 11 is 0. The third-order valence-electron chi connectivity index (χ3n) is 5.22. The number of benzene rings is 2. The van der Waals surface area contributed by atoms with E-state index in [4.69, 9.17) is 0 Å². The smallest absolute Gasteiger partial charge is 0.271 e. The minimum atomic E-state index is -3.71. The molecule has 0 aliphatic carbocycles. The highest BCUT2D eigenvalue weighted by molar-refractivity contribution is 7.90. The van der Waals surface area contributed by atoms with Gasteiger partial charge in [-0.3, -0.25) is 14.9 Å². The maximum Gasteiger partial charge on any atom is 0.271 e. The first-order valence-electron chi connectivity index (χ1n) is 9.84. The molecule has 2 aromatic carbocycles. The van der Waals surface area contributed by atoms with Crippen LogP contribution in [0.3, 0.4) is 0 Å². The van der Waals surface area contributed by atoms with Gasteiger partial charge in [0.25, 0.3) is 11.6 Å². The molecule has 0 spiro atoms. The van der Waals surface area contributed by atoms with Crippen LogP contribution in [-0.4, -0.2) is 25.5 Å². The minimum Gasteiger partial charge on any atom is -0.345 e. The third kappa shape index (κ3) is 5.66.